The second kappa shape index (κ2) is 5.47. The molecule has 1 fully saturated rings. The summed E-state index contributed by atoms with van der Waals surface area (Å²) >= 11 is 0. The van der Waals surface area contributed by atoms with Crippen LogP contribution < -0.4 is 16.4 Å². The van der Waals surface area contributed by atoms with Gasteiger partial charge in [0.1, 0.15) is 5.82 Å². The third-order valence-electron chi connectivity index (χ3n) is 3.80. The summed E-state index contributed by atoms with van der Waals surface area (Å²) in [5.74, 6) is -0.449. The van der Waals surface area contributed by atoms with Crippen molar-refractivity contribution in [1.29, 1.82) is 0 Å². The number of nitrogen functional groups attached to an aromatic ring is 1. The molecule has 0 saturated heterocycles. The van der Waals surface area contributed by atoms with E-state index in [9.17, 15) is 9.18 Å². The van der Waals surface area contributed by atoms with E-state index in [0.29, 0.717) is 11.6 Å². The SMILES string of the molecule is CN(CC1CCCC1)c1cc(C(N)=O)c(N)cc1F. The standard InChI is InChI=1S/C14H20FN3O/c1-18(8-9-4-2-3-5-9)13-6-10(14(17)19)12(16)7-11(13)15/h6-7,9H,2-5,8,16H2,1H3,(H2,17,19). The average molecular weight is 265 g/mol. The Morgan fingerprint density at radius 2 is 2.05 bits per heavy atom. The Morgan fingerprint density at radius 1 is 1.42 bits per heavy atom. The van der Waals surface area contributed by atoms with Crippen LogP contribution in [0.2, 0.25) is 0 Å². The second-order valence-corrected chi connectivity index (χ2v) is 5.29. The third-order valence-corrected chi connectivity index (χ3v) is 3.80. The fourth-order valence-corrected chi connectivity index (χ4v) is 2.76. The highest BCUT2D eigenvalue weighted by Crippen LogP contribution is 2.29. The number of benzene rings is 1. The topological polar surface area (TPSA) is 72.3 Å². The van der Waals surface area contributed by atoms with E-state index < -0.39 is 11.7 Å². The molecule has 0 radical (unpaired) electrons. The maximum absolute atomic E-state index is 13.9. The number of hydrogen-bond donors (Lipinski definition) is 2. The summed E-state index contributed by atoms with van der Waals surface area (Å²) in [6.45, 7) is 0.791. The molecule has 1 aromatic carbocycles. The lowest BCUT2D eigenvalue weighted by Gasteiger charge is -2.24. The van der Waals surface area contributed by atoms with E-state index in [1.54, 1.807) is 0 Å². The fraction of sp³-hybridized carbons (Fsp3) is 0.500. The Labute approximate surface area is 112 Å². The van der Waals surface area contributed by atoms with Crippen LogP contribution in [0.1, 0.15) is 36.0 Å². The second-order valence-electron chi connectivity index (χ2n) is 5.29. The maximum atomic E-state index is 13.9. The summed E-state index contributed by atoms with van der Waals surface area (Å²) in [6.07, 6.45) is 4.86. The lowest BCUT2D eigenvalue weighted by atomic mass is 10.1. The molecular formula is C14H20FN3O. The number of carbonyl (C=O) groups is 1. The van der Waals surface area contributed by atoms with E-state index in [1.165, 1.54) is 37.8 Å². The molecule has 104 valence electrons. The van der Waals surface area contributed by atoms with Crippen LogP contribution in [0.15, 0.2) is 12.1 Å². The smallest absolute Gasteiger partial charge is 0.250 e. The molecule has 1 amide bonds. The summed E-state index contributed by atoms with van der Waals surface area (Å²) in [7, 11) is 1.83. The molecule has 1 saturated carbocycles. The summed E-state index contributed by atoms with van der Waals surface area (Å²) in [5, 5.41) is 0. The normalized spacial score (nSPS) is 15.7. The Hall–Kier alpha value is -1.78. The van der Waals surface area contributed by atoms with E-state index in [4.69, 9.17) is 11.5 Å². The maximum Gasteiger partial charge on any atom is 0.250 e. The number of primary amides is 1. The third kappa shape index (κ3) is 2.97. The van der Waals surface area contributed by atoms with Gasteiger partial charge in [-0.25, -0.2) is 4.39 Å². The van der Waals surface area contributed by atoms with Gasteiger partial charge in [-0.15, -0.1) is 0 Å². The Balaban J connectivity index is 2.22. The van der Waals surface area contributed by atoms with E-state index in [2.05, 4.69) is 0 Å². The van der Waals surface area contributed by atoms with Crippen LogP contribution in [0.5, 0.6) is 0 Å². The highest BCUT2D eigenvalue weighted by Gasteiger charge is 2.20. The van der Waals surface area contributed by atoms with Gasteiger partial charge in [-0.1, -0.05) is 12.8 Å². The summed E-state index contributed by atoms with van der Waals surface area (Å²) in [5.41, 5.74) is 11.5. The van der Waals surface area contributed by atoms with Crippen molar-refractivity contribution in [3.8, 4) is 0 Å². The molecule has 0 bridgehead atoms. The Morgan fingerprint density at radius 3 is 2.63 bits per heavy atom. The molecule has 19 heavy (non-hydrogen) atoms. The van der Waals surface area contributed by atoms with Gasteiger partial charge in [-0.05, 0) is 30.9 Å². The molecule has 4 nitrogen and oxygen atoms in total. The zero-order valence-corrected chi connectivity index (χ0v) is 11.2. The van der Waals surface area contributed by atoms with E-state index in [1.807, 2.05) is 11.9 Å². The van der Waals surface area contributed by atoms with E-state index in [0.717, 1.165) is 6.54 Å². The lowest BCUT2D eigenvalue weighted by molar-refractivity contribution is 0.100. The molecule has 0 aromatic heterocycles. The summed E-state index contributed by atoms with van der Waals surface area (Å²) in [6, 6.07) is 2.61. The van der Waals surface area contributed by atoms with Gasteiger partial charge in [-0.2, -0.15) is 0 Å². The Kier molecular flexibility index (Phi) is 3.93. The first-order valence-corrected chi connectivity index (χ1v) is 6.59. The lowest BCUT2D eigenvalue weighted by Crippen LogP contribution is -2.26. The van der Waals surface area contributed by atoms with Gasteiger partial charge < -0.3 is 16.4 Å². The van der Waals surface area contributed by atoms with Crippen molar-refractivity contribution < 1.29 is 9.18 Å². The molecule has 0 unspecified atom stereocenters. The van der Waals surface area contributed by atoms with Crippen LogP contribution in [0.3, 0.4) is 0 Å². The number of hydrogen-bond acceptors (Lipinski definition) is 3. The number of anilines is 2. The molecule has 0 atom stereocenters. The Bertz CT molecular complexity index is 484. The number of halogens is 1. The van der Waals surface area contributed by atoms with Gasteiger partial charge in [0.2, 0.25) is 0 Å². The van der Waals surface area contributed by atoms with Crippen molar-refractivity contribution in [1.82, 2.24) is 0 Å². The molecule has 1 aliphatic rings. The molecule has 5 heteroatoms. The molecule has 1 aromatic rings. The first-order chi connectivity index (χ1) is 8.99. The van der Waals surface area contributed by atoms with Gasteiger partial charge in [-0.3, -0.25) is 4.79 Å². The highest BCUT2D eigenvalue weighted by atomic mass is 19.1. The fourth-order valence-electron chi connectivity index (χ4n) is 2.76. The molecular weight excluding hydrogens is 245 g/mol. The molecule has 4 N–H and O–H groups in total. The molecule has 0 heterocycles. The quantitative estimate of drug-likeness (QED) is 0.819. The van der Waals surface area contributed by atoms with E-state index in [-0.39, 0.29) is 11.3 Å². The minimum atomic E-state index is -0.631. The number of rotatable bonds is 4. The zero-order chi connectivity index (χ0) is 14.0. The minimum Gasteiger partial charge on any atom is -0.398 e. The van der Waals surface area contributed by atoms with Crippen LogP contribution in [0, 0.1) is 11.7 Å². The summed E-state index contributed by atoms with van der Waals surface area (Å²) in [4.78, 5) is 13.1. The number of nitrogens with two attached hydrogens (primary N) is 2. The first-order valence-electron chi connectivity index (χ1n) is 6.59. The summed E-state index contributed by atoms with van der Waals surface area (Å²) < 4.78 is 13.9. The molecule has 0 spiro atoms. The number of nitrogens with zero attached hydrogens (tertiary/aromatic N) is 1. The predicted octanol–water partition coefficient (Wildman–Crippen LogP) is 2.13. The van der Waals surface area contributed by atoms with Crippen molar-refractivity contribution in [2.45, 2.75) is 25.7 Å². The van der Waals surface area contributed by atoms with Gasteiger partial charge in [0.15, 0.2) is 0 Å². The van der Waals surface area contributed by atoms with Gasteiger partial charge >= 0.3 is 0 Å². The van der Waals surface area contributed by atoms with Crippen LogP contribution in [0.4, 0.5) is 15.8 Å². The first kappa shape index (κ1) is 13.6. The van der Waals surface area contributed by atoms with Gasteiger partial charge in [0, 0.05) is 19.3 Å². The highest BCUT2D eigenvalue weighted by molar-refractivity contribution is 5.99. The largest absolute Gasteiger partial charge is 0.398 e. The van der Waals surface area contributed by atoms with Crippen molar-refractivity contribution in [2.24, 2.45) is 11.7 Å². The molecule has 2 rings (SSSR count). The average Bonchev–Trinajstić information content (AvgIpc) is 2.81. The number of carbonyl (C=O) groups excluding carboxylic acids is 1. The predicted molar refractivity (Wildman–Crippen MR) is 74.6 cm³/mol. The minimum absolute atomic E-state index is 0.0861. The van der Waals surface area contributed by atoms with Crippen LogP contribution in [0.25, 0.3) is 0 Å². The number of amides is 1. The van der Waals surface area contributed by atoms with Crippen molar-refractivity contribution in [2.75, 3.05) is 24.2 Å². The van der Waals surface area contributed by atoms with Gasteiger partial charge in [0.25, 0.3) is 5.91 Å². The van der Waals surface area contributed by atoms with Gasteiger partial charge in [0.05, 0.1) is 11.3 Å². The van der Waals surface area contributed by atoms with Crippen LogP contribution in [-0.4, -0.2) is 19.5 Å². The molecule has 1 aliphatic carbocycles. The monoisotopic (exact) mass is 265 g/mol. The van der Waals surface area contributed by atoms with Crippen LogP contribution in [-0.2, 0) is 0 Å². The van der Waals surface area contributed by atoms with Crippen molar-refractivity contribution >= 4 is 17.3 Å². The zero-order valence-electron chi connectivity index (χ0n) is 11.2. The molecule has 0 aliphatic heterocycles. The van der Waals surface area contributed by atoms with Crippen molar-refractivity contribution in [3.63, 3.8) is 0 Å². The van der Waals surface area contributed by atoms with E-state index >= 15 is 0 Å². The van der Waals surface area contributed by atoms with Crippen LogP contribution >= 0.6 is 0 Å². The van der Waals surface area contributed by atoms with Crippen molar-refractivity contribution in [3.05, 3.63) is 23.5 Å².